The smallest absolute Gasteiger partial charge is 0.225 e. The number of hydrogen-bond donors (Lipinski definition) is 2. The molecule has 17 heavy (non-hydrogen) atoms. The molecule has 2 amide bonds. The Labute approximate surface area is 102 Å². The first-order valence-corrected chi connectivity index (χ1v) is 6.22. The summed E-state index contributed by atoms with van der Waals surface area (Å²) < 4.78 is 0. The van der Waals surface area contributed by atoms with Crippen LogP contribution in [0.2, 0.25) is 0 Å². The van der Waals surface area contributed by atoms with Gasteiger partial charge in [-0.25, -0.2) is 0 Å². The molecular weight excluding hydrogens is 218 g/mol. The van der Waals surface area contributed by atoms with E-state index in [-0.39, 0.29) is 23.3 Å². The van der Waals surface area contributed by atoms with Crippen LogP contribution in [0.5, 0.6) is 0 Å². The zero-order valence-corrected chi connectivity index (χ0v) is 10.5. The van der Waals surface area contributed by atoms with Gasteiger partial charge in [-0.2, -0.15) is 0 Å². The van der Waals surface area contributed by atoms with Crippen LogP contribution in [0.15, 0.2) is 0 Å². The van der Waals surface area contributed by atoms with E-state index < -0.39 is 0 Å². The summed E-state index contributed by atoms with van der Waals surface area (Å²) in [6.45, 7) is 2.99. The second kappa shape index (κ2) is 4.29. The molecule has 0 bridgehead atoms. The minimum Gasteiger partial charge on any atom is -0.349 e. The number of amides is 2. The summed E-state index contributed by atoms with van der Waals surface area (Å²) in [7, 11) is 1.73. The summed E-state index contributed by atoms with van der Waals surface area (Å²) in [5, 5.41) is 3.05. The summed E-state index contributed by atoms with van der Waals surface area (Å²) in [5.74, 6) is 0.317. The van der Waals surface area contributed by atoms with E-state index in [4.69, 9.17) is 5.73 Å². The topological polar surface area (TPSA) is 75.4 Å². The fourth-order valence-corrected chi connectivity index (χ4v) is 2.46. The van der Waals surface area contributed by atoms with Crippen LogP contribution in [0.4, 0.5) is 0 Å². The molecule has 0 aromatic rings. The van der Waals surface area contributed by atoms with Gasteiger partial charge in [0.25, 0.3) is 0 Å². The lowest BCUT2D eigenvalue weighted by atomic mass is 9.94. The lowest BCUT2D eigenvalue weighted by molar-refractivity contribution is -0.129. The van der Waals surface area contributed by atoms with E-state index >= 15 is 0 Å². The van der Waals surface area contributed by atoms with Crippen molar-refractivity contribution >= 4 is 11.8 Å². The summed E-state index contributed by atoms with van der Waals surface area (Å²) in [6.07, 6.45) is 2.60. The minimum absolute atomic E-state index is 0.0254. The molecule has 3 N–H and O–H groups in total. The maximum Gasteiger partial charge on any atom is 0.225 e. The minimum atomic E-state index is -0.290. The van der Waals surface area contributed by atoms with Crippen molar-refractivity contribution in [2.75, 3.05) is 20.1 Å². The molecule has 0 spiro atoms. The van der Waals surface area contributed by atoms with Crippen molar-refractivity contribution < 1.29 is 9.59 Å². The number of nitrogens with one attached hydrogen (secondary N) is 1. The molecule has 1 saturated heterocycles. The summed E-state index contributed by atoms with van der Waals surface area (Å²) >= 11 is 0. The molecule has 1 heterocycles. The third kappa shape index (κ3) is 2.44. The lowest BCUT2D eigenvalue weighted by Gasteiger charge is -2.30. The second-order valence-electron chi connectivity index (χ2n) is 5.56. The Morgan fingerprint density at radius 3 is 2.65 bits per heavy atom. The van der Waals surface area contributed by atoms with E-state index in [2.05, 4.69) is 5.32 Å². The van der Waals surface area contributed by atoms with Crippen LogP contribution in [0.25, 0.3) is 0 Å². The molecule has 1 aliphatic carbocycles. The molecular formula is C12H21N3O2. The van der Waals surface area contributed by atoms with Crippen LogP contribution < -0.4 is 11.1 Å². The number of rotatable bonds is 4. The summed E-state index contributed by atoms with van der Waals surface area (Å²) in [4.78, 5) is 25.1. The number of nitrogens with zero attached hydrogens (tertiary/aromatic N) is 1. The third-order valence-corrected chi connectivity index (χ3v) is 4.02. The fourth-order valence-electron chi connectivity index (χ4n) is 2.46. The monoisotopic (exact) mass is 239 g/mol. The molecule has 2 unspecified atom stereocenters. The van der Waals surface area contributed by atoms with Crippen LogP contribution in [0.3, 0.4) is 0 Å². The first kappa shape index (κ1) is 12.4. The standard InChI is InChI=1S/C12H21N3O2/c1-12(7-13,9-3-4-9)14-11(17)8-5-10(16)15(2)6-8/h8-9H,3-7,13H2,1-2H3,(H,14,17). The van der Waals surface area contributed by atoms with Crippen LogP contribution in [0, 0.1) is 11.8 Å². The number of likely N-dealkylation sites (tertiary alicyclic amines) is 1. The van der Waals surface area contributed by atoms with Gasteiger partial charge in [-0.05, 0) is 25.7 Å². The van der Waals surface area contributed by atoms with E-state index in [9.17, 15) is 9.59 Å². The van der Waals surface area contributed by atoms with Gasteiger partial charge >= 0.3 is 0 Å². The van der Waals surface area contributed by atoms with E-state index in [0.29, 0.717) is 25.4 Å². The lowest BCUT2D eigenvalue weighted by Crippen LogP contribution is -2.54. The van der Waals surface area contributed by atoms with E-state index in [0.717, 1.165) is 12.8 Å². The molecule has 2 fully saturated rings. The maximum atomic E-state index is 12.1. The Balaban J connectivity index is 1.94. The van der Waals surface area contributed by atoms with Crippen molar-refractivity contribution in [3.05, 3.63) is 0 Å². The van der Waals surface area contributed by atoms with Crippen LogP contribution >= 0.6 is 0 Å². The molecule has 2 rings (SSSR count). The van der Waals surface area contributed by atoms with Gasteiger partial charge in [0.1, 0.15) is 0 Å². The van der Waals surface area contributed by atoms with E-state index in [1.54, 1.807) is 11.9 Å². The van der Waals surface area contributed by atoms with Gasteiger partial charge in [-0.3, -0.25) is 9.59 Å². The van der Waals surface area contributed by atoms with Crippen molar-refractivity contribution in [2.24, 2.45) is 17.6 Å². The van der Waals surface area contributed by atoms with Gasteiger partial charge in [0.05, 0.1) is 11.5 Å². The molecule has 5 heteroatoms. The molecule has 1 aliphatic heterocycles. The number of nitrogens with two attached hydrogens (primary N) is 1. The van der Waals surface area contributed by atoms with E-state index in [1.807, 2.05) is 6.92 Å². The maximum absolute atomic E-state index is 12.1. The van der Waals surface area contributed by atoms with Crippen LogP contribution in [-0.4, -0.2) is 42.4 Å². The molecule has 96 valence electrons. The second-order valence-corrected chi connectivity index (χ2v) is 5.56. The fraction of sp³-hybridized carbons (Fsp3) is 0.833. The van der Waals surface area contributed by atoms with Gasteiger partial charge in [0.15, 0.2) is 0 Å². The molecule has 2 atom stereocenters. The molecule has 0 aromatic heterocycles. The SMILES string of the molecule is CN1CC(C(=O)NC(C)(CN)C2CC2)CC1=O. The quantitative estimate of drug-likeness (QED) is 0.708. The molecule has 5 nitrogen and oxygen atoms in total. The Bertz CT molecular complexity index is 341. The van der Waals surface area contributed by atoms with Gasteiger partial charge in [-0.1, -0.05) is 0 Å². The van der Waals surface area contributed by atoms with Crippen molar-refractivity contribution in [2.45, 2.75) is 31.7 Å². The van der Waals surface area contributed by atoms with Crippen molar-refractivity contribution in [3.63, 3.8) is 0 Å². The molecule has 2 aliphatic rings. The molecule has 0 radical (unpaired) electrons. The first-order chi connectivity index (χ1) is 7.96. The zero-order valence-electron chi connectivity index (χ0n) is 10.5. The normalized spacial score (nSPS) is 28.1. The molecule has 1 saturated carbocycles. The van der Waals surface area contributed by atoms with Crippen molar-refractivity contribution in [1.29, 1.82) is 0 Å². The highest BCUT2D eigenvalue weighted by atomic mass is 16.2. The molecule has 0 aromatic carbocycles. The predicted octanol–water partition coefficient (Wildman–Crippen LogP) is -0.292. The highest BCUT2D eigenvalue weighted by Gasteiger charge is 2.43. The van der Waals surface area contributed by atoms with Gasteiger partial charge in [-0.15, -0.1) is 0 Å². The Hall–Kier alpha value is -1.10. The van der Waals surface area contributed by atoms with Crippen molar-refractivity contribution in [1.82, 2.24) is 10.2 Å². The Morgan fingerprint density at radius 2 is 2.24 bits per heavy atom. The number of carbonyl (C=O) groups excluding carboxylic acids is 2. The summed E-state index contributed by atoms with van der Waals surface area (Å²) in [6, 6.07) is 0. The van der Waals surface area contributed by atoms with Gasteiger partial charge < -0.3 is 16.0 Å². The van der Waals surface area contributed by atoms with Gasteiger partial charge in [0, 0.05) is 26.6 Å². The van der Waals surface area contributed by atoms with Crippen molar-refractivity contribution in [3.8, 4) is 0 Å². The highest BCUT2D eigenvalue weighted by molar-refractivity contribution is 5.89. The number of carbonyl (C=O) groups is 2. The average molecular weight is 239 g/mol. The Morgan fingerprint density at radius 1 is 1.59 bits per heavy atom. The van der Waals surface area contributed by atoms with Crippen LogP contribution in [-0.2, 0) is 9.59 Å². The van der Waals surface area contributed by atoms with Gasteiger partial charge in [0.2, 0.25) is 11.8 Å². The predicted molar refractivity (Wildman–Crippen MR) is 64.1 cm³/mol. The average Bonchev–Trinajstić information content (AvgIpc) is 3.07. The zero-order chi connectivity index (χ0) is 12.6. The first-order valence-electron chi connectivity index (χ1n) is 6.22. The summed E-state index contributed by atoms with van der Waals surface area (Å²) in [5.41, 5.74) is 5.47. The number of hydrogen-bond acceptors (Lipinski definition) is 3. The van der Waals surface area contributed by atoms with Crippen LogP contribution in [0.1, 0.15) is 26.2 Å². The third-order valence-electron chi connectivity index (χ3n) is 4.02. The largest absolute Gasteiger partial charge is 0.349 e. The Kier molecular flexibility index (Phi) is 3.12. The highest BCUT2D eigenvalue weighted by Crippen LogP contribution is 2.39. The van der Waals surface area contributed by atoms with E-state index in [1.165, 1.54) is 0 Å².